The summed E-state index contributed by atoms with van der Waals surface area (Å²) in [5, 5.41) is 14.2. The zero-order valence-electron chi connectivity index (χ0n) is 26.4. The average Bonchev–Trinajstić information content (AvgIpc) is 3.38. The van der Waals surface area contributed by atoms with Gasteiger partial charge in [0.05, 0.1) is 43.5 Å². The molecule has 0 atom stereocenters. The number of aromatic nitrogens is 1. The van der Waals surface area contributed by atoms with E-state index < -0.39 is 40.7 Å². The molecule has 2 aromatic carbocycles. The van der Waals surface area contributed by atoms with E-state index in [1.54, 1.807) is 44.1 Å². The lowest BCUT2D eigenvalue weighted by molar-refractivity contribution is -0.384. The third-order valence-corrected chi connectivity index (χ3v) is 8.58. The Kier molecular flexibility index (Phi) is 10.9. The van der Waals surface area contributed by atoms with Crippen molar-refractivity contribution in [2.45, 2.75) is 20.0 Å². The Balaban J connectivity index is 1.64. The quantitative estimate of drug-likeness (QED) is 0.124. The van der Waals surface area contributed by atoms with E-state index in [9.17, 15) is 28.5 Å². The summed E-state index contributed by atoms with van der Waals surface area (Å²) in [4.78, 5) is 46.4. The van der Waals surface area contributed by atoms with Gasteiger partial charge in [-0.3, -0.25) is 19.8 Å². The van der Waals surface area contributed by atoms with Gasteiger partial charge in [-0.2, -0.15) is 4.98 Å². The van der Waals surface area contributed by atoms with Crippen molar-refractivity contribution < 1.29 is 37.5 Å². The number of rotatable bonds is 13. The third-order valence-electron chi connectivity index (χ3n) is 7.28. The Morgan fingerprint density at radius 1 is 1.04 bits per heavy atom. The smallest absolute Gasteiger partial charge is 0.415 e. The Labute approximate surface area is 279 Å². The fourth-order valence-corrected chi connectivity index (χ4v) is 6.21. The van der Waals surface area contributed by atoms with Crippen LogP contribution in [-0.2, 0) is 22.6 Å². The summed E-state index contributed by atoms with van der Waals surface area (Å²) in [6.45, 7) is 2.72. The number of pyridine rings is 1. The van der Waals surface area contributed by atoms with Crippen molar-refractivity contribution in [1.82, 2.24) is 9.88 Å². The Morgan fingerprint density at radius 3 is 2.33 bits per heavy atom. The second-order valence-corrected chi connectivity index (χ2v) is 12.1. The average molecular weight is 682 g/mol. The van der Waals surface area contributed by atoms with E-state index in [1.165, 1.54) is 30.3 Å². The molecule has 0 unspecified atom stereocenters. The van der Waals surface area contributed by atoms with Gasteiger partial charge < -0.3 is 24.4 Å². The molecule has 3 heterocycles. The zero-order valence-corrected chi connectivity index (χ0v) is 27.2. The predicted molar refractivity (Wildman–Crippen MR) is 175 cm³/mol. The molecule has 2 amide bonds. The second kappa shape index (κ2) is 15.3. The molecule has 0 bridgehead atoms. The molecule has 4 aromatic rings. The lowest BCUT2D eigenvalue weighted by atomic mass is 10.0. The maximum Gasteiger partial charge on any atom is 0.415 e. The highest BCUT2D eigenvalue weighted by atomic mass is 32.1. The Hall–Kier alpha value is -4.99. The topological polar surface area (TPSA) is 136 Å². The molecular formula is C33H33F2N5O7S. The first-order valence-corrected chi connectivity index (χ1v) is 15.8. The summed E-state index contributed by atoms with van der Waals surface area (Å²) in [7, 11) is 3.57. The van der Waals surface area contributed by atoms with Crippen molar-refractivity contribution >= 4 is 39.8 Å². The number of hydrogen-bond donors (Lipinski definition) is 1. The van der Waals surface area contributed by atoms with Crippen LogP contribution in [0, 0.1) is 27.7 Å². The number of ether oxygens (including phenoxy) is 3. The molecule has 1 saturated heterocycles. The van der Waals surface area contributed by atoms with Crippen LogP contribution < -0.4 is 15.0 Å². The van der Waals surface area contributed by atoms with Crippen LogP contribution in [0.5, 0.6) is 5.88 Å². The van der Waals surface area contributed by atoms with E-state index in [0.29, 0.717) is 35.8 Å². The highest BCUT2D eigenvalue weighted by molar-refractivity contribution is 7.20. The van der Waals surface area contributed by atoms with Crippen molar-refractivity contribution in [2.24, 2.45) is 5.92 Å². The Bertz CT molecular complexity index is 1780. The molecular weight excluding hydrogens is 648 g/mol. The monoisotopic (exact) mass is 681 g/mol. The van der Waals surface area contributed by atoms with Crippen LogP contribution in [0.15, 0.2) is 60.7 Å². The number of benzene rings is 2. The van der Waals surface area contributed by atoms with Gasteiger partial charge in [0.25, 0.3) is 11.6 Å². The minimum absolute atomic E-state index is 0.0339. The molecule has 1 aliphatic heterocycles. The summed E-state index contributed by atoms with van der Waals surface area (Å²) in [5.74, 6) is -1.73. The van der Waals surface area contributed by atoms with Crippen LogP contribution >= 0.6 is 11.3 Å². The number of carbonyl (C=O) groups excluding carboxylic acids is 2. The molecule has 0 aliphatic carbocycles. The van der Waals surface area contributed by atoms with Gasteiger partial charge in [0, 0.05) is 41.1 Å². The standard InChI is InChI=1S/C33H33F2N5O7S/c1-4-46-33(42)39(16-23-25(34)7-5-8-26(23)35)32-29(31(41)37-27-9-6-10-28(36-27)47-19-20-17-45-18-20)24(15-38(2)3)30(48-32)21-11-13-22(14-12-21)40(43)44/h5-14,20H,4,15-19H2,1-3H3,(H,36,37,41). The highest BCUT2D eigenvalue weighted by Gasteiger charge is 2.33. The number of nitrogens with one attached hydrogen (secondary N) is 1. The number of hydrogen-bond acceptors (Lipinski definition) is 10. The summed E-state index contributed by atoms with van der Waals surface area (Å²) in [5.41, 5.74) is 0.486. The van der Waals surface area contributed by atoms with Crippen LogP contribution in [0.2, 0.25) is 0 Å². The number of amides is 2. The third kappa shape index (κ3) is 7.93. The maximum absolute atomic E-state index is 14.9. The number of nitrogens with zero attached hydrogens (tertiary/aromatic N) is 4. The van der Waals surface area contributed by atoms with Gasteiger partial charge in [-0.05, 0) is 62.5 Å². The summed E-state index contributed by atoms with van der Waals surface area (Å²) in [6.07, 6.45) is -0.935. The van der Waals surface area contributed by atoms with Crippen molar-refractivity contribution in [3.05, 3.63) is 99.1 Å². The van der Waals surface area contributed by atoms with Gasteiger partial charge in [0.1, 0.15) is 22.5 Å². The number of carbonyl (C=O) groups is 2. The van der Waals surface area contributed by atoms with E-state index in [-0.39, 0.29) is 47.0 Å². The second-order valence-electron chi connectivity index (χ2n) is 11.1. The molecule has 1 fully saturated rings. The fourth-order valence-electron chi connectivity index (χ4n) is 4.90. The predicted octanol–water partition coefficient (Wildman–Crippen LogP) is 6.50. The van der Waals surface area contributed by atoms with Crippen LogP contribution in [0.3, 0.4) is 0 Å². The fraction of sp³-hybridized carbons (Fsp3) is 0.303. The van der Waals surface area contributed by atoms with Gasteiger partial charge in [-0.15, -0.1) is 11.3 Å². The van der Waals surface area contributed by atoms with Crippen molar-refractivity contribution in [3.8, 4) is 16.3 Å². The molecule has 252 valence electrons. The maximum atomic E-state index is 14.9. The normalized spacial score (nSPS) is 12.8. The highest BCUT2D eigenvalue weighted by Crippen LogP contribution is 2.44. The van der Waals surface area contributed by atoms with Crippen molar-refractivity contribution in [1.29, 1.82) is 0 Å². The number of non-ortho nitro benzene ring substituents is 1. The van der Waals surface area contributed by atoms with Crippen LogP contribution in [0.25, 0.3) is 10.4 Å². The molecule has 15 heteroatoms. The number of nitro benzene ring substituents is 1. The zero-order chi connectivity index (χ0) is 34.4. The minimum Gasteiger partial charge on any atom is -0.477 e. The van der Waals surface area contributed by atoms with Crippen molar-refractivity contribution in [3.63, 3.8) is 0 Å². The van der Waals surface area contributed by atoms with E-state index in [1.807, 2.05) is 0 Å². The first-order valence-electron chi connectivity index (χ1n) is 15.0. The number of halogens is 2. The molecule has 48 heavy (non-hydrogen) atoms. The van der Waals surface area contributed by atoms with Gasteiger partial charge in [-0.25, -0.2) is 13.6 Å². The van der Waals surface area contributed by atoms with E-state index in [4.69, 9.17) is 14.2 Å². The van der Waals surface area contributed by atoms with Crippen LogP contribution in [-0.4, -0.2) is 67.3 Å². The van der Waals surface area contributed by atoms with E-state index in [0.717, 1.165) is 28.4 Å². The first kappa shape index (κ1) is 34.3. The van der Waals surface area contributed by atoms with Gasteiger partial charge in [0.15, 0.2) is 0 Å². The van der Waals surface area contributed by atoms with Gasteiger partial charge in [-0.1, -0.05) is 12.1 Å². The number of anilines is 2. The summed E-state index contributed by atoms with van der Waals surface area (Å²) in [6, 6.07) is 14.0. The molecule has 12 nitrogen and oxygen atoms in total. The van der Waals surface area contributed by atoms with E-state index >= 15 is 0 Å². The SMILES string of the molecule is CCOC(=O)N(Cc1c(F)cccc1F)c1sc(-c2ccc([N+](=O)[O-])cc2)c(CN(C)C)c1C(=O)Nc1cccc(OCC2COC2)n1. The van der Waals surface area contributed by atoms with Crippen LogP contribution in [0.1, 0.15) is 28.4 Å². The first-order chi connectivity index (χ1) is 23.0. The largest absolute Gasteiger partial charge is 0.477 e. The Morgan fingerprint density at radius 2 is 1.73 bits per heavy atom. The summed E-state index contributed by atoms with van der Waals surface area (Å²) < 4.78 is 46.2. The van der Waals surface area contributed by atoms with Gasteiger partial charge >= 0.3 is 6.09 Å². The molecule has 5 rings (SSSR count). The lowest BCUT2D eigenvalue weighted by Crippen LogP contribution is -2.33. The van der Waals surface area contributed by atoms with E-state index in [2.05, 4.69) is 10.3 Å². The molecule has 0 saturated carbocycles. The molecule has 0 spiro atoms. The van der Waals surface area contributed by atoms with Gasteiger partial charge in [0.2, 0.25) is 5.88 Å². The minimum atomic E-state index is -0.935. The lowest BCUT2D eigenvalue weighted by Gasteiger charge is -2.25. The van der Waals surface area contributed by atoms with Crippen molar-refractivity contribution in [2.75, 3.05) is 50.7 Å². The summed E-state index contributed by atoms with van der Waals surface area (Å²) >= 11 is 1.02. The molecule has 1 aliphatic rings. The number of thiophene rings is 1. The van der Waals surface area contributed by atoms with Crippen LogP contribution in [0.4, 0.5) is 30.1 Å². The molecule has 2 aromatic heterocycles. The molecule has 1 N–H and O–H groups in total. The molecule has 0 radical (unpaired) electrons. The number of nitro groups is 1.